The molecular formula is C17H24F4N4. The molecule has 1 saturated heterocycles. The molecule has 25 heavy (non-hydrogen) atoms. The smallest absolute Gasteiger partial charge is 0.352 e. The molecule has 1 unspecified atom stereocenters. The van der Waals surface area contributed by atoms with E-state index in [2.05, 4.69) is 10.3 Å². The molecule has 2 rings (SSSR count). The Morgan fingerprint density at radius 3 is 2.60 bits per heavy atom. The maximum atomic E-state index is 13.0. The topological polar surface area (TPSA) is 30.9 Å². The Balaban J connectivity index is 1.92. The lowest BCUT2D eigenvalue weighted by molar-refractivity contribution is -0.143. The number of hydrogen-bond donors (Lipinski definition) is 1. The normalized spacial score (nSPS) is 19.3. The van der Waals surface area contributed by atoms with Gasteiger partial charge >= 0.3 is 6.18 Å². The van der Waals surface area contributed by atoms with E-state index in [1.165, 1.54) is 17.0 Å². The molecule has 1 aliphatic heterocycles. The number of nitrogens with one attached hydrogen (secondary N) is 1. The third-order valence-corrected chi connectivity index (χ3v) is 4.01. The number of guanidine groups is 1. The predicted molar refractivity (Wildman–Crippen MR) is 89.9 cm³/mol. The van der Waals surface area contributed by atoms with Gasteiger partial charge in [0.25, 0.3) is 0 Å². The van der Waals surface area contributed by atoms with Crippen molar-refractivity contribution >= 4 is 5.96 Å². The molecule has 8 heteroatoms. The van der Waals surface area contributed by atoms with Gasteiger partial charge in [-0.05, 0) is 31.0 Å². The summed E-state index contributed by atoms with van der Waals surface area (Å²) in [6.45, 7) is 2.87. The zero-order valence-electron chi connectivity index (χ0n) is 14.5. The van der Waals surface area contributed by atoms with Crippen LogP contribution >= 0.6 is 0 Å². The van der Waals surface area contributed by atoms with Crippen LogP contribution < -0.4 is 5.32 Å². The standard InChI is InChI=1S/C17H24F4N4/c1-3-22-16(24(2)10-13-4-6-14(18)7-5-13)23-15-8-9-25(11-15)12-17(19,20)21/h4-7,15H,3,8-12H2,1-2H3,(H,22,23). The number of hydrogen-bond acceptors (Lipinski definition) is 2. The third kappa shape index (κ3) is 6.53. The zero-order valence-corrected chi connectivity index (χ0v) is 14.5. The lowest BCUT2D eigenvalue weighted by atomic mass is 10.2. The zero-order chi connectivity index (χ0) is 18.4. The second kappa shape index (κ2) is 8.51. The van der Waals surface area contributed by atoms with Crippen LogP contribution in [-0.2, 0) is 6.54 Å². The fraction of sp³-hybridized carbons (Fsp3) is 0.588. The number of halogens is 4. The second-order valence-electron chi connectivity index (χ2n) is 6.26. The van der Waals surface area contributed by atoms with Crippen molar-refractivity contribution in [2.24, 2.45) is 4.99 Å². The molecule has 0 bridgehead atoms. The molecule has 0 aliphatic carbocycles. The van der Waals surface area contributed by atoms with E-state index in [0.717, 1.165) is 5.56 Å². The van der Waals surface area contributed by atoms with Crippen molar-refractivity contribution in [1.29, 1.82) is 0 Å². The Kier molecular flexibility index (Phi) is 6.64. The molecule has 140 valence electrons. The highest BCUT2D eigenvalue weighted by molar-refractivity contribution is 5.80. The molecule has 1 aliphatic rings. The SMILES string of the molecule is CCN=C(NC1CCN(CC(F)(F)F)C1)N(C)Cc1ccc(F)cc1. The number of aliphatic imine (C=N–C) groups is 1. The quantitative estimate of drug-likeness (QED) is 0.498. The van der Waals surface area contributed by atoms with Crippen molar-refractivity contribution in [1.82, 2.24) is 15.1 Å². The molecular weight excluding hydrogens is 336 g/mol. The first-order chi connectivity index (χ1) is 11.8. The van der Waals surface area contributed by atoms with Gasteiger partial charge in [0.2, 0.25) is 0 Å². The van der Waals surface area contributed by atoms with Crippen molar-refractivity contribution in [2.75, 3.05) is 33.2 Å². The summed E-state index contributed by atoms with van der Waals surface area (Å²) in [7, 11) is 1.85. The Labute approximate surface area is 145 Å². The van der Waals surface area contributed by atoms with E-state index >= 15 is 0 Å². The van der Waals surface area contributed by atoms with Gasteiger partial charge in [-0.2, -0.15) is 13.2 Å². The largest absolute Gasteiger partial charge is 0.401 e. The van der Waals surface area contributed by atoms with Gasteiger partial charge in [-0.15, -0.1) is 0 Å². The molecule has 1 atom stereocenters. The van der Waals surface area contributed by atoms with E-state index in [0.29, 0.717) is 38.6 Å². The van der Waals surface area contributed by atoms with Crippen LogP contribution in [0.15, 0.2) is 29.3 Å². The van der Waals surface area contributed by atoms with Gasteiger partial charge in [-0.1, -0.05) is 12.1 Å². The van der Waals surface area contributed by atoms with Crippen LogP contribution in [0.5, 0.6) is 0 Å². The van der Waals surface area contributed by atoms with Gasteiger partial charge in [-0.3, -0.25) is 9.89 Å². The van der Waals surface area contributed by atoms with Crippen molar-refractivity contribution in [3.05, 3.63) is 35.6 Å². The molecule has 1 aromatic carbocycles. The monoisotopic (exact) mass is 360 g/mol. The first-order valence-corrected chi connectivity index (χ1v) is 8.32. The second-order valence-corrected chi connectivity index (χ2v) is 6.26. The highest BCUT2D eigenvalue weighted by Gasteiger charge is 2.34. The molecule has 0 radical (unpaired) electrons. The van der Waals surface area contributed by atoms with Gasteiger partial charge in [0.1, 0.15) is 5.82 Å². The summed E-state index contributed by atoms with van der Waals surface area (Å²) in [5.74, 6) is 0.355. The van der Waals surface area contributed by atoms with E-state index < -0.39 is 12.7 Å². The first-order valence-electron chi connectivity index (χ1n) is 8.32. The number of alkyl halides is 3. The molecule has 1 aromatic rings. The van der Waals surface area contributed by atoms with E-state index in [1.807, 2.05) is 18.9 Å². The number of benzene rings is 1. The highest BCUT2D eigenvalue weighted by atomic mass is 19.4. The fourth-order valence-corrected chi connectivity index (χ4v) is 2.90. The van der Waals surface area contributed by atoms with E-state index in [1.54, 1.807) is 12.1 Å². The molecule has 1 N–H and O–H groups in total. The molecule has 4 nitrogen and oxygen atoms in total. The average molecular weight is 360 g/mol. The maximum absolute atomic E-state index is 13.0. The lowest BCUT2D eigenvalue weighted by Gasteiger charge is -2.26. The summed E-state index contributed by atoms with van der Waals surface area (Å²) in [5, 5.41) is 3.26. The van der Waals surface area contributed by atoms with Crippen molar-refractivity contribution in [3.8, 4) is 0 Å². The van der Waals surface area contributed by atoms with Crippen molar-refractivity contribution in [3.63, 3.8) is 0 Å². The summed E-state index contributed by atoms with van der Waals surface area (Å²) in [4.78, 5) is 7.71. The van der Waals surface area contributed by atoms with Crippen LogP contribution in [0, 0.1) is 5.82 Å². The maximum Gasteiger partial charge on any atom is 0.401 e. The van der Waals surface area contributed by atoms with E-state index in [9.17, 15) is 17.6 Å². The van der Waals surface area contributed by atoms with Gasteiger partial charge in [0, 0.05) is 39.3 Å². The minimum Gasteiger partial charge on any atom is -0.352 e. The Bertz CT molecular complexity index is 571. The molecule has 0 aromatic heterocycles. The predicted octanol–water partition coefficient (Wildman–Crippen LogP) is 2.86. The van der Waals surface area contributed by atoms with Crippen molar-refractivity contribution in [2.45, 2.75) is 32.1 Å². The third-order valence-electron chi connectivity index (χ3n) is 4.01. The molecule has 0 spiro atoms. The van der Waals surface area contributed by atoms with E-state index in [-0.39, 0.29) is 11.9 Å². The minimum atomic E-state index is -4.17. The molecule has 0 saturated carbocycles. The Hall–Kier alpha value is -1.83. The van der Waals surface area contributed by atoms with Gasteiger partial charge in [0.05, 0.1) is 6.54 Å². The summed E-state index contributed by atoms with van der Waals surface area (Å²) < 4.78 is 50.5. The van der Waals surface area contributed by atoms with Crippen LogP contribution in [0.1, 0.15) is 18.9 Å². The van der Waals surface area contributed by atoms with Gasteiger partial charge in [-0.25, -0.2) is 4.39 Å². The fourth-order valence-electron chi connectivity index (χ4n) is 2.90. The number of rotatable bonds is 5. The lowest BCUT2D eigenvalue weighted by Crippen LogP contribution is -2.45. The first kappa shape index (κ1) is 19.5. The van der Waals surface area contributed by atoms with Crippen LogP contribution in [-0.4, -0.2) is 61.2 Å². The van der Waals surface area contributed by atoms with Crippen LogP contribution in [0.25, 0.3) is 0 Å². The van der Waals surface area contributed by atoms with Gasteiger partial charge < -0.3 is 10.2 Å². The Morgan fingerprint density at radius 1 is 1.32 bits per heavy atom. The Morgan fingerprint density at radius 2 is 2.00 bits per heavy atom. The average Bonchev–Trinajstić information content (AvgIpc) is 2.94. The van der Waals surface area contributed by atoms with Crippen LogP contribution in [0.3, 0.4) is 0 Å². The van der Waals surface area contributed by atoms with Gasteiger partial charge in [0.15, 0.2) is 5.96 Å². The summed E-state index contributed by atoms with van der Waals surface area (Å²) in [6, 6.07) is 6.15. The molecule has 1 fully saturated rings. The summed E-state index contributed by atoms with van der Waals surface area (Å²) >= 11 is 0. The summed E-state index contributed by atoms with van der Waals surface area (Å²) in [6.07, 6.45) is -3.53. The van der Waals surface area contributed by atoms with E-state index in [4.69, 9.17) is 0 Å². The van der Waals surface area contributed by atoms with Crippen LogP contribution in [0.2, 0.25) is 0 Å². The summed E-state index contributed by atoms with van der Waals surface area (Å²) in [5.41, 5.74) is 0.930. The minimum absolute atomic E-state index is 0.0664. The molecule has 0 amide bonds. The number of likely N-dealkylation sites (tertiary alicyclic amines) is 1. The van der Waals surface area contributed by atoms with Crippen LogP contribution in [0.4, 0.5) is 17.6 Å². The highest BCUT2D eigenvalue weighted by Crippen LogP contribution is 2.20. The number of nitrogens with zero attached hydrogens (tertiary/aromatic N) is 3. The van der Waals surface area contributed by atoms with Crippen molar-refractivity contribution < 1.29 is 17.6 Å². The molecule has 1 heterocycles.